The summed E-state index contributed by atoms with van der Waals surface area (Å²) in [6.45, 7) is 2.07. The minimum absolute atomic E-state index is 0.310. The number of anilines is 1. The van der Waals surface area contributed by atoms with Crippen LogP contribution in [0.1, 0.15) is 26.2 Å². The molecule has 0 radical (unpaired) electrons. The van der Waals surface area contributed by atoms with Crippen LogP contribution in [-0.2, 0) is 20.5 Å². The van der Waals surface area contributed by atoms with Gasteiger partial charge in [0.15, 0.2) is 0 Å². The highest BCUT2D eigenvalue weighted by molar-refractivity contribution is 7.87. The lowest BCUT2D eigenvalue weighted by molar-refractivity contribution is -0.138. The van der Waals surface area contributed by atoms with Crippen molar-refractivity contribution in [3.05, 3.63) is 34.9 Å². The molecule has 0 amide bonds. The van der Waals surface area contributed by atoms with Crippen molar-refractivity contribution >= 4 is 48.8 Å². The normalized spacial score (nSPS) is 19.2. The molecule has 1 N–H and O–H groups in total. The average molecular weight is 360 g/mol. The Hall–Kier alpha value is -0.900. The highest BCUT2D eigenvalue weighted by Crippen LogP contribution is 2.27. The zero-order valence-electron chi connectivity index (χ0n) is 12.3. The van der Waals surface area contributed by atoms with Crippen molar-refractivity contribution in [1.82, 2.24) is 0 Å². The summed E-state index contributed by atoms with van der Waals surface area (Å²) in [6.07, 6.45) is 4.23. The van der Waals surface area contributed by atoms with E-state index in [1.165, 1.54) is 0 Å². The van der Waals surface area contributed by atoms with Crippen molar-refractivity contribution in [1.29, 1.82) is 0 Å². The Morgan fingerprint density at radius 2 is 2.32 bits per heavy atom. The summed E-state index contributed by atoms with van der Waals surface area (Å²) in [5, 5.41) is 1.07. The number of carbonyl (C=O) groups is 1. The van der Waals surface area contributed by atoms with Crippen LogP contribution < -0.4 is 10.0 Å². The fourth-order valence-corrected chi connectivity index (χ4v) is 4.29. The number of allylic oxidation sites excluding steroid dienone is 1. The summed E-state index contributed by atoms with van der Waals surface area (Å²) in [5.74, 6) is -0.381. The third-order valence-corrected chi connectivity index (χ3v) is 5.45. The number of ether oxygens (including phenoxy) is 1. The van der Waals surface area contributed by atoms with Gasteiger partial charge in [0.05, 0.1) is 28.1 Å². The van der Waals surface area contributed by atoms with E-state index in [2.05, 4.69) is 14.0 Å². The molecule has 1 aliphatic carbocycles. The van der Waals surface area contributed by atoms with Gasteiger partial charge in [0.2, 0.25) is 0 Å². The van der Waals surface area contributed by atoms with Gasteiger partial charge in [0.1, 0.15) is 11.0 Å². The minimum atomic E-state index is -1.44. The molecule has 0 spiro atoms. The topological polar surface area (TPSA) is 55.4 Å². The fourth-order valence-electron chi connectivity index (χ4n) is 2.29. The standard InChI is InChI=1S/C15H19ClNO3PS/c1-2-20-15(18)11-5-3-4-6-14(11)22(19)17-13-8-7-10(21)9-12(13)16/h5,7-9,14,17H,2-4,6,21H2,1H3. The number of benzene rings is 1. The summed E-state index contributed by atoms with van der Waals surface area (Å²) in [5.41, 5.74) is 1.10. The maximum Gasteiger partial charge on any atom is 0.334 e. The van der Waals surface area contributed by atoms with Crippen LogP contribution in [0.25, 0.3) is 0 Å². The molecule has 1 aromatic rings. The first-order valence-corrected chi connectivity index (χ1v) is 9.29. The molecule has 120 valence electrons. The monoisotopic (exact) mass is 359 g/mol. The Bertz CT molecular complexity index is 621. The van der Waals surface area contributed by atoms with Crippen molar-refractivity contribution in [2.75, 3.05) is 11.3 Å². The zero-order chi connectivity index (χ0) is 16.1. The summed E-state index contributed by atoms with van der Waals surface area (Å²) in [6, 6.07) is 5.41. The van der Waals surface area contributed by atoms with E-state index >= 15 is 0 Å². The van der Waals surface area contributed by atoms with Crippen molar-refractivity contribution in [2.45, 2.75) is 31.4 Å². The third kappa shape index (κ3) is 4.31. The molecule has 0 aromatic heterocycles. The molecule has 0 saturated carbocycles. The highest BCUT2D eigenvalue weighted by Gasteiger charge is 2.29. The second-order valence-electron chi connectivity index (χ2n) is 4.94. The number of halogens is 1. The fraction of sp³-hybridized carbons (Fsp3) is 0.400. The van der Waals surface area contributed by atoms with Gasteiger partial charge in [-0.25, -0.2) is 9.00 Å². The minimum Gasteiger partial charge on any atom is -0.463 e. The Kier molecular flexibility index (Phi) is 6.42. The van der Waals surface area contributed by atoms with Crippen LogP contribution in [-0.4, -0.2) is 22.0 Å². The molecule has 0 saturated heterocycles. The van der Waals surface area contributed by atoms with E-state index in [4.69, 9.17) is 16.3 Å². The lowest BCUT2D eigenvalue weighted by Crippen LogP contribution is -2.30. The maximum atomic E-state index is 12.6. The van der Waals surface area contributed by atoms with Crippen LogP contribution >= 0.6 is 20.8 Å². The first-order valence-electron chi connectivity index (χ1n) is 7.12. The zero-order valence-corrected chi connectivity index (χ0v) is 15.0. The average Bonchev–Trinajstić information content (AvgIpc) is 2.50. The van der Waals surface area contributed by atoms with Gasteiger partial charge in [-0.05, 0) is 43.6 Å². The lowest BCUT2D eigenvalue weighted by atomic mass is 9.99. The number of nitrogens with one attached hydrogen (secondary N) is 1. The highest BCUT2D eigenvalue weighted by atomic mass is 35.5. The smallest absolute Gasteiger partial charge is 0.334 e. The second kappa shape index (κ2) is 8.09. The number of esters is 1. The summed E-state index contributed by atoms with van der Waals surface area (Å²) in [7, 11) is 1.12. The van der Waals surface area contributed by atoms with Crippen LogP contribution in [0.5, 0.6) is 0 Å². The van der Waals surface area contributed by atoms with Gasteiger partial charge in [0.25, 0.3) is 0 Å². The van der Waals surface area contributed by atoms with Gasteiger partial charge in [0, 0.05) is 0 Å². The number of rotatable bonds is 5. The molecule has 1 aromatic carbocycles. The maximum absolute atomic E-state index is 12.6. The van der Waals surface area contributed by atoms with Gasteiger partial charge >= 0.3 is 5.97 Å². The molecular formula is C15H19ClNO3PS. The van der Waals surface area contributed by atoms with Crippen LogP contribution in [0.2, 0.25) is 5.02 Å². The molecule has 4 nitrogen and oxygen atoms in total. The van der Waals surface area contributed by atoms with Crippen LogP contribution in [0.3, 0.4) is 0 Å². The van der Waals surface area contributed by atoms with E-state index in [1.54, 1.807) is 19.1 Å². The van der Waals surface area contributed by atoms with Crippen LogP contribution in [0, 0.1) is 0 Å². The molecule has 3 unspecified atom stereocenters. The SMILES string of the molecule is CCOC(=O)C1=CCCCC1S(=O)Nc1ccc(P)cc1Cl. The van der Waals surface area contributed by atoms with Gasteiger partial charge in [-0.2, -0.15) is 0 Å². The first kappa shape index (κ1) is 17.5. The van der Waals surface area contributed by atoms with E-state index < -0.39 is 11.0 Å². The van der Waals surface area contributed by atoms with Gasteiger partial charge in [-0.15, -0.1) is 9.24 Å². The molecule has 22 heavy (non-hydrogen) atoms. The van der Waals surface area contributed by atoms with Gasteiger partial charge < -0.3 is 9.46 Å². The molecule has 1 aliphatic rings. The Balaban J connectivity index is 2.14. The molecule has 0 aliphatic heterocycles. The summed E-state index contributed by atoms with van der Waals surface area (Å²) in [4.78, 5) is 12.0. The number of hydrogen-bond donors (Lipinski definition) is 1. The van der Waals surface area contributed by atoms with E-state index in [-0.39, 0.29) is 11.2 Å². The number of hydrogen-bond acceptors (Lipinski definition) is 3. The molecule has 2 rings (SSSR count). The summed E-state index contributed by atoms with van der Waals surface area (Å²) < 4.78 is 20.6. The molecular weight excluding hydrogens is 341 g/mol. The summed E-state index contributed by atoms with van der Waals surface area (Å²) >= 11 is 6.14. The second-order valence-corrected chi connectivity index (χ2v) is 7.38. The molecule has 0 heterocycles. The quantitative estimate of drug-likeness (QED) is 0.649. The predicted molar refractivity (Wildman–Crippen MR) is 94.9 cm³/mol. The van der Waals surface area contributed by atoms with Gasteiger partial charge in [-0.1, -0.05) is 23.7 Å². The molecule has 3 atom stereocenters. The van der Waals surface area contributed by atoms with Crippen LogP contribution in [0.4, 0.5) is 5.69 Å². The van der Waals surface area contributed by atoms with Crippen molar-refractivity contribution in [3.8, 4) is 0 Å². The predicted octanol–water partition coefficient (Wildman–Crippen LogP) is 2.96. The van der Waals surface area contributed by atoms with Gasteiger partial charge in [-0.3, -0.25) is 0 Å². The molecule has 7 heteroatoms. The molecule has 0 bridgehead atoms. The Labute approximate surface area is 140 Å². The Morgan fingerprint density at radius 1 is 1.55 bits per heavy atom. The third-order valence-electron chi connectivity index (χ3n) is 3.35. The molecule has 0 fully saturated rings. The van der Waals surface area contributed by atoms with Crippen molar-refractivity contribution in [3.63, 3.8) is 0 Å². The van der Waals surface area contributed by atoms with Crippen LogP contribution in [0.15, 0.2) is 29.8 Å². The number of carbonyl (C=O) groups excluding carboxylic acids is 1. The van der Waals surface area contributed by atoms with E-state index in [0.717, 1.165) is 18.1 Å². The van der Waals surface area contributed by atoms with Crippen molar-refractivity contribution in [2.24, 2.45) is 0 Å². The van der Waals surface area contributed by atoms with Crippen molar-refractivity contribution < 1.29 is 13.7 Å². The lowest BCUT2D eigenvalue weighted by Gasteiger charge is -2.23. The van der Waals surface area contributed by atoms with E-state index in [9.17, 15) is 9.00 Å². The van der Waals surface area contributed by atoms with E-state index in [1.807, 2.05) is 12.1 Å². The largest absolute Gasteiger partial charge is 0.463 e. The van der Waals surface area contributed by atoms with E-state index in [0.29, 0.717) is 29.3 Å². The first-order chi connectivity index (χ1) is 10.5. The Morgan fingerprint density at radius 3 is 3.00 bits per heavy atom.